The topological polar surface area (TPSA) is 24.1 Å². The molecule has 22 heavy (non-hydrogen) atoms. The molecule has 0 aliphatic heterocycles. The van der Waals surface area contributed by atoms with Gasteiger partial charge in [-0.25, -0.2) is 0 Å². The summed E-state index contributed by atoms with van der Waals surface area (Å²) in [5.74, 6) is 0. The third-order valence-electron chi connectivity index (χ3n) is 3.45. The first-order valence-electron chi connectivity index (χ1n) is 6.97. The third-order valence-corrected chi connectivity index (χ3v) is 4.49. The van der Waals surface area contributed by atoms with Crippen molar-refractivity contribution in [3.8, 4) is 0 Å². The summed E-state index contributed by atoms with van der Waals surface area (Å²) in [7, 11) is 0. The van der Waals surface area contributed by atoms with E-state index in [1.807, 2.05) is 12.1 Å². The maximum atomic E-state index is 6.16. The molecule has 0 heterocycles. The van der Waals surface area contributed by atoms with Gasteiger partial charge in [-0.05, 0) is 56.2 Å². The SMILES string of the molecule is Cc1ccc(C)c(C(C)NC(=S)Nc2cccc(Cl)c2Cl)c1. The lowest BCUT2D eigenvalue weighted by molar-refractivity contribution is 0.716. The minimum Gasteiger partial charge on any atom is -0.356 e. The summed E-state index contributed by atoms with van der Waals surface area (Å²) in [5, 5.41) is 7.84. The molecular formula is C17H18Cl2N2S. The van der Waals surface area contributed by atoms with Crippen LogP contribution in [0.15, 0.2) is 36.4 Å². The molecule has 0 amide bonds. The van der Waals surface area contributed by atoms with Crippen molar-refractivity contribution in [2.75, 3.05) is 5.32 Å². The molecule has 0 aromatic heterocycles. The molecule has 0 radical (unpaired) electrons. The fourth-order valence-electron chi connectivity index (χ4n) is 2.26. The summed E-state index contributed by atoms with van der Waals surface area (Å²) in [5.41, 5.74) is 4.38. The second kappa shape index (κ2) is 7.32. The molecule has 2 aromatic carbocycles. The number of thiocarbonyl (C=S) groups is 1. The van der Waals surface area contributed by atoms with Gasteiger partial charge in [0.15, 0.2) is 5.11 Å². The van der Waals surface area contributed by atoms with Gasteiger partial charge >= 0.3 is 0 Å². The lowest BCUT2D eigenvalue weighted by atomic mass is 10.0. The van der Waals surface area contributed by atoms with Crippen molar-refractivity contribution in [3.05, 3.63) is 63.1 Å². The quantitative estimate of drug-likeness (QED) is 0.697. The molecule has 5 heteroatoms. The molecule has 2 N–H and O–H groups in total. The number of halogens is 2. The fourth-order valence-corrected chi connectivity index (χ4v) is 2.89. The van der Waals surface area contributed by atoms with Crippen molar-refractivity contribution in [1.29, 1.82) is 0 Å². The molecule has 1 unspecified atom stereocenters. The van der Waals surface area contributed by atoms with Gasteiger partial charge in [-0.15, -0.1) is 0 Å². The van der Waals surface area contributed by atoms with E-state index < -0.39 is 0 Å². The second-order valence-electron chi connectivity index (χ2n) is 5.28. The molecule has 2 nitrogen and oxygen atoms in total. The Kier molecular flexibility index (Phi) is 5.68. The molecule has 0 aliphatic rings. The van der Waals surface area contributed by atoms with Crippen LogP contribution >= 0.6 is 35.4 Å². The van der Waals surface area contributed by atoms with Gasteiger partial charge in [0.2, 0.25) is 0 Å². The molecule has 0 saturated heterocycles. The summed E-state index contributed by atoms with van der Waals surface area (Å²) in [6, 6.07) is 11.9. The Morgan fingerprint density at radius 3 is 2.59 bits per heavy atom. The highest BCUT2D eigenvalue weighted by molar-refractivity contribution is 7.80. The van der Waals surface area contributed by atoms with Gasteiger partial charge in [-0.3, -0.25) is 0 Å². The highest BCUT2D eigenvalue weighted by atomic mass is 35.5. The van der Waals surface area contributed by atoms with Crippen molar-refractivity contribution in [2.45, 2.75) is 26.8 Å². The zero-order chi connectivity index (χ0) is 16.3. The van der Waals surface area contributed by atoms with E-state index >= 15 is 0 Å². The lowest BCUT2D eigenvalue weighted by Crippen LogP contribution is -2.31. The first kappa shape index (κ1) is 17.1. The van der Waals surface area contributed by atoms with Gasteiger partial charge in [0.25, 0.3) is 0 Å². The molecular weight excluding hydrogens is 335 g/mol. The van der Waals surface area contributed by atoms with Crippen molar-refractivity contribution >= 4 is 46.2 Å². The summed E-state index contributed by atoms with van der Waals surface area (Å²) < 4.78 is 0. The molecule has 2 aromatic rings. The van der Waals surface area contributed by atoms with Gasteiger partial charge in [0.1, 0.15) is 0 Å². The van der Waals surface area contributed by atoms with Crippen molar-refractivity contribution in [3.63, 3.8) is 0 Å². The van der Waals surface area contributed by atoms with Gasteiger partial charge < -0.3 is 10.6 Å². The largest absolute Gasteiger partial charge is 0.356 e. The Bertz CT molecular complexity index is 701. The molecule has 0 spiro atoms. The molecule has 0 aliphatic carbocycles. The number of hydrogen-bond acceptors (Lipinski definition) is 1. The zero-order valence-corrected chi connectivity index (χ0v) is 15.0. The molecule has 116 valence electrons. The number of rotatable bonds is 3. The summed E-state index contributed by atoms with van der Waals surface area (Å²) in [6.07, 6.45) is 0. The highest BCUT2D eigenvalue weighted by Gasteiger charge is 2.11. The Labute approximate surface area is 146 Å². The van der Waals surface area contributed by atoms with Gasteiger partial charge in [-0.1, -0.05) is 53.0 Å². The van der Waals surface area contributed by atoms with Crippen LogP contribution in [0.4, 0.5) is 5.69 Å². The van der Waals surface area contributed by atoms with Crippen LogP contribution < -0.4 is 10.6 Å². The maximum Gasteiger partial charge on any atom is 0.171 e. The predicted octanol–water partition coefficient (Wildman–Crippen LogP) is 5.66. The molecule has 0 saturated carbocycles. The van der Waals surface area contributed by atoms with Gasteiger partial charge in [-0.2, -0.15) is 0 Å². The second-order valence-corrected chi connectivity index (χ2v) is 6.47. The Morgan fingerprint density at radius 2 is 1.86 bits per heavy atom. The number of aryl methyl sites for hydroxylation is 2. The van der Waals surface area contributed by atoms with E-state index in [0.29, 0.717) is 20.8 Å². The van der Waals surface area contributed by atoms with E-state index in [2.05, 4.69) is 49.6 Å². The van der Waals surface area contributed by atoms with Crippen LogP contribution in [0, 0.1) is 13.8 Å². The lowest BCUT2D eigenvalue weighted by Gasteiger charge is -2.20. The maximum absolute atomic E-state index is 6.16. The minimum atomic E-state index is 0.0952. The van der Waals surface area contributed by atoms with Crippen LogP contribution in [0.3, 0.4) is 0 Å². The number of hydrogen-bond donors (Lipinski definition) is 2. The van der Waals surface area contributed by atoms with Crippen LogP contribution in [0.1, 0.15) is 29.7 Å². The van der Waals surface area contributed by atoms with E-state index in [4.69, 9.17) is 35.4 Å². The third kappa shape index (κ3) is 4.13. The Balaban J connectivity index is 2.08. The average Bonchev–Trinajstić information content (AvgIpc) is 2.46. The van der Waals surface area contributed by atoms with E-state index in [0.717, 1.165) is 0 Å². The first-order chi connectivity index (χ1) is 10.4. The molecule has 0 bridgehead atoms. The normalized spacial score (nSPS) is 11.9. The van der Waals surface area contributed by atoms with Gasteiger partial charge in [0, 0.05) is 0 Å². The monoisotopic (exact) mass is 352 g/mol. The predicted molar refractivity (Wildman–Crippen MR) is 100 cm³/mol. The minimum absolute atomic E-state index is 0.0952. The van der Waals surface area contributed by atoms with Crippen molar-refractivity contribution in [2.24, 2.45) is 0 Å². The van der Waals surface area contributed by atoms with E-state index in [1.165, 1.54) is 16.7 Å². The standard InChI is InChI=1S/C17H18Cl2N2S/c1-10-7-8-11(2)13(9-10)12(3)20-17(22)21-15-6-4-5-14(18)16(15)19/h4-9,12H,1-3H3,(H2,20,21,22). The Hall–Kier alpha value is -1.29. The molecule has 2 rings (SSSR count). The number of benzene rings is 2. The van der Waals surface area contributed by atoms with Gasteiger partial charge in [0.05, 0.1) is 21.8 Å². The smallest absolute Gasteiger partial charge is 0.171 e. The first-order valence-corrected chi connectivity index (χ1v) is 8.13. The summed E-state index contributed by atoms with van der Waals surface area (Å²) in [4.78, 5) is 0. The van der Waals surface area contributed by atoms with E-state index in [9.17, 15) is 0 Å². The van der Waals surface area contributed by atoms with Crippen LogP contribution in [0.5, 0.6) is 0 Å². The molecule has 1 atom stereocenters. The molecule has 0 fully saturated rings. The summed E-state index contributed by atoms with van der Waals surface area (Å²) >= 11 is 17.5. The van der Waals surface area contributed by atoms with Crippen LogP contribution in [-0.2, 0) is 0 Å². The van der Waals surface area contributed by atoms with Crippen molar-refractivity contribution in [1.82, 2.24) is 5.32 Å². The van der Waals surface area contributed by atoms with E-state index in [-0.39, 0.29) is 6.04 Å². The Morgan fingerprint density at radius 1 is 1.14 bits per heavy atom. The average molecular weight is 353 g/mol. The summed E-state index contributed by atoms with van der Waals surface area (Å²) in [6.45, 7) is 6.25. The number of anilines is 1. The van der Waals surface area contributed by atoms with E-state index in [1.54, 1.807) is 6.07 Å². The zero-order valence-electron chi connectivity index (χ0n) is 12.7. The fraction of sp³-hybridized carbons (Fsp3) is 0.235. The van der Waals surface area contributed by atoms with Crippen molar-refractivity contribution < 1.29 is 0 Å². The number of nitrogens with one attached hydrogen (secondary N) is 2. The van der Waals surface area contributed by atoms with Crippen LogP contribution in [0.2, 0.25) is 10.0 Å². The van der Waals surface area contributed by atoms with Crippen LogP contribution in [0.25, 0.3) is 0 Å². The van der Waals surface area contributed by atoms with Crippen LogP contribution in [-0.4, -0.2) is 5.11 Å². The highest BCUT2D eigenvalue weighted by Crippen LogP contribution is 2.29.